The zero-order chi connectivity index (χ0) is 12.3. The molecular weight excluding hydrogens is 290 g/mol. The highest BCUT2D eigenvalue weighted by molar-refractivity contribution is 9.10. The van der Waals surface area contributed by atoms with Crippen LogP contribution in [0, 0.1) is 11.6 Å². The normalized spacial score (nSPS) is 10.3. The van der Waals surface area contributed by atoms with Crippen LogP contribution in [0.5, 0.6) is 5.75 Å². The van der Waals surface area contributed by atoms with E-state index in [-0.39, 0.29) is 18.2 Å². The van der Waals surface area contributed by atoms with Crippen molar-refractivity contribution in [2.75, 3.05) is 0 Å². The summed E-state index contributed by atoms with van der Waals surface area (Å²) < 4.78 is 31.8. The first kappa shape index (κ1) is 12.0. The summed E-state index contributed by atoms with van der Waals surface area (Å²) in [5.41, 5.74) is 0.802. The van der Waals surface area contributed by atoms with Gasteiger partial charge in [0.05, 0.1) is 0 Å². The molecule has 0 saturated carbocycles. The second-order valence-corrected chi connectivity index (χ2v) is 4.34. The van der Waals surface area contributed by atoms with Crippen LogP contribution in [-0.2, 0) is 6.61 Å². The predicted octanol–water partition coefficient (Wildman–Crippen LogP) is 4.31. The van der Waals surface area contributed by atoms with Crippen molar-refractivity contribution in [1.82, 2.24) is 0 Å². The van der Waals surface area contributed by atoms with Gasteiger partial charge in [-0.05, 0) is 24.3 Å². The molecule has 0 atom stereocenters. The smallest absolute Gasteiger partial charge is 0.126 e. The lowest BCUT2D eigenvalue weighted by Crippen LogP contribution is -1.97. The molecular formula is C13H9BrF2O. The van der Waals surface area contributed by atoms with Crippen LogP contribution in [0.25, 0.3) is 0 Å². The Bertz CT molecular complexity index is 529. The van der Waals surface area contributed by atoms with Gasteiger partial charge in [-0.25, -0.2) is 8.78 Å². The molecule has 0 bridgehead atoms. The SMILES string of the molecule is Fc1cccc(OCc2ccc(F)cc2Br)c1. The van der Waals surface area contributed by atoms with Crippen molar-refractivity contribution in [3.63, 3.8) is 0 Å². The molecule has 4 heteroatoms. The monoisotopic (exact) mass is 298 g/mol. The zero-order valence-corrected chi connectivity index (χ0v) is 10.4. The molecule has 2 aromatic rings. The van der Waals surface area contributed by atoms with Crippen molar-refractivity contribution < 1.29 is 13.5 Å². The molecule has 0 aliphatic carbocycles. The van der Waals surface area contributed by atoms with Crippen molar-refractivity contribution in [2.24, 2.45) is 0 Å². The van der Waals surface area contributed by atoms with E-state index >= 15 is 0 Å². The van der Waals surface area contributed by atoms with Crippen molar-refractivity contribution in [3.8, 4) is 5.75 Å². The first-order valence-corrected chi connectivity index (χ1v) is 5.77. The van der Waals surface area contributed by atoms with Gasteiger partial charge >= 0.3 is 0 Å². The average Bonchev–Trinajstić information content (AvgIpc) is 2.28. The van der Waals surface area contributed by atoms with Gasteiger partial charge in [0, 0.05) is 16.1 Å². The van der Waals surface area contributed by atoms with Crippen LogP contribution in [0.15, 0.2) is 46.9 Å². The Morgan fingerprint density at radius 2 is 1.76 bits per heavy atom. The maximum absolute atomic E-state index is 12.9. The second-order valence-electron chi connectivity index (χ2n) is 3.48. The minimum absolute atomic E-state index is 0.254. The van der Waals surface area contributed by atoms with Gasteiger partial charge in [-0.1, -0.05) is 28.1 Å². The maximum Gasteiger partial charge on any atom is 0.126 e. The minimum atomic E-state index is -0.347. The number of halogens is 3. The molecule has 0 unspecified atom stereocenters. The Morgan fingerprint density at radius 1 is 1.00 bits per heavy atom. The first-order valence-electron chi connectivity index (χ1n) is 4.97. The van der Waals surface area contributed by atoms with E-state index in [1.165, 1.54) is 24.3 Å². The Labute approximate surface area is 106 Å². The van der Waals surface area contributed by atoms with Crippen LogP contribution in [0.1, 0.15) is 5.56 Å². The largest absolute Gasteiger partial charge is 0.489 e. The van der Waals surface area contributed by atoms with Gasteiger partial charge in [-0.2, -0.15) is 0 Å². The Hall–Kier alpha value is -1.42. The topological polar surface area (TPSA) is 9.23 Å². The van der Waals surface area contributed by atoms with Gasteiger partial charge in [-0.15, -0.1) is 0 Å². The van der Waals surface area contributed by atoms with E-state index in [1.807, 2.05) is 0 Å². The molecule has 1 nitrogen and oxygen atoms in total. The van der Waals surface area contributed by atoms with Gasteiger partial charge in [0.25, 0.3) is 0 Å². The minimum Gasteiger partial charge on any atom is -0.489 e. The van der Waals surface area contributed by atoms with E-state index in [2.05, 4.69) is 15.9 Å². The molecule has 0 radical (unpaired) electrons. The Kier molecular flexibility index (Phi) is 3.74. The van der Waals surface area contributed by atoms with Gasteiger partial charge in [-0.3, -0.25) is 0 Å². The molecule has 2 rings (SSSR count). The van der Waals surface area contributed by atoms with Gasteiger partial charge < -0.3 is 4.74 Å². The predicted molar refractivity (Wildman–Crippen MR) is 64.8 cm³/mol. The number of benzene rings is 2. The summed E-state index contributed by atoms with van der Waals surface area (Å²) in [4.78, 5) is 0. The molecule has 0 saturated heterocycles. The standard InChI is InChI=1S/C13H9BrF2O/c14-13-7-11(16)5-4-9(13)8-17-12-3-1-2-10(15)6-12/h1-7H,8H2. The molecule has 0 amide bonds. The summed E-state index contributed by atoms with van der Waals surface area (Å²) in [5, 5.41) is 0. The van der Waals surface area contributed by atoms with Crippen LogP contribution in [-0.4, -0.2) is 0 Å². The number of ether oxygens (including phenoxy) is 1. The van der Waals surface area contributed by atoms with Crippen LogP contribution in [0.2, 0.25) is 0 Å². The van der Waals surface area contributed by atoms with Crippen LogP contribution in [0.3, 0.4) is 0 Å². The lowest BCUT2D eigenvalue weighted by Gasteiger charge is -2.07. The van der Waals surface area contributed by atoms with Crippen LogP contribution in [0.4, 0.5) is 8.78 Å². The fraction of sp³-hybridized carbons (Fsp3) is 0.0769. The van der Waals surface area contributed by atoms with E-state index in [4.69, 9.17) is 4.74 Å². The molecule has 2 aromatic carbocycles. The molecule has 0 heterocycles. The van der Waals surface area contributed by atoms with E-state index in [1.54, 1.807) is 18.2 Å². The number of hydrogen-bond donors (Lipinski definition) is 0. The van der Waals surface area contributed by atoms with E-state index in [0.29, 0.717) is 10.2 Å². The van der Waals surface area contributed by atoms with Gasteiger partial charge in [0.2, 0.25) is 0 Å². The highest BCUT2D eigenvalue weighted by atomic mass is 79.9. The van der Waals surface area contributed by atoms with E-state index in [0.717, 1.165) is 5.56 Å². The van der Waals surface area contributed by atoms with Crippen molar-refractivity contribution >= 4 is 15.9 Å². The lowest BCUT2D eigenvalue weighted by molar-refractivity contribution is 0.303. The fourth-order valence-electron chi connectivity index (χ4n) is 1.36. The summed E-state index contributed by atoms with van der Waals surface area (Å²) in [6.45, 7) is 0.254. The Balaban J connectivity index is 2.07. The molecule has 0 aliphatic rings. The molecule has 0 fully saturated rings. The van der Waals surface area contributed by atoms with Crippen molar-refractivity contribution in [1.29, 1.82) is 0 Å². The quantitative estimate of drug-likeness (QED) is 0.820. The number of rotatable bonds is 3. The van der Waals surface area contributed by atoms with E-state index < -0.39 is 0 Å². The second kappa shape index (κ2) is 5.27. The summed E-state index contributed by atoms with van der Waals surface area (Å²) in [7, 11) is 0. The summed E-state index contributed by atoms with van der Waals surface area (Å²) in [5.74, 6) is -0.215. The number of hydrogen-bond acceptors (Lipinski definition) is 1. The lowest BCUT2D eigenvalue weighted by atomic mass is 10.2. The van der Waals surface area contributed by atoms with Gasteiger partial charge in [0.1, 0.15) is 24.0 Å². The maximum atomic E-state index is 12.9. The zero-order valence-electron chi connectivity index (χ0n) is 8.79. The molecule has 0 spiro atoms. The summed E-state index contributed by atoms with van der Waals surface area (Å²) in [6, 6.07) is 10.2. The third kappa shape index (κ3) is 3.27. The summed E-state index contributed by atoms with van der Waals surface area (Å²) >= 11 is 3.24. The summed E-state index contributed by atoms with van der Waals surface area (Å²) in [6.07, 6.45) is 0. The molecule has 88 valence electrons. The molecule has 0 aromatic heterocycles. The highest BCUT2D eigenvalue weighted by Crippen LogP contribution is 2.20. The van der Waals surface area contributed by atoms with Gasteiger partial charge in [0.15, 0.2) is 0 Å². The average molecular weight is 299 g/mol. The third-order valence-corrected chi connectivity index (χ3v) is 2.94. The highest BCUT2D eigenvalue weighted by Gasteiger charge is 2.03. The molecule has 17 heavy (non-hydrogen) atoms. The van der Waals surface area contributed by atoms with E-state index in [9.17, 15) is 8.78 Å². The Morgan fingerprint density at radius 3 is 2.47 bits per heavy atom. The molecule has 0 N–H and O–H groups in total. The van der Waals surface area contributed by atoms with Crippen LogP contribution >= 0.6 is 15.9 Å². The first-order chi connectivity index (χ1) is 8.15. The van der Waals surface area contributed by atoms with Crippen LogP contribution < -0.4 is 4.74 Å². The van der Waals surface area contributed by atoms with Crippen molar-refractivity contribution in [3.05, 3.63) is 64.1 Å². The molecule has 0 aliphatic heterocycles. The van der Waals surface area contributed by atoms with Crippen molar-refractivity contribution in [2.45, 2.75) is 6.61 Å². The fourth-order valence-corrected chi connectivity index (χ4v) is 1.82. The third-order valence-electron chi connectivity index (χ3n) is 2.21.